The third kappa shape index (κ3) is 2.74. The van der Waals surface area contributed by atoms with Gasteiger partial charge >= 0.3 is 0 Å². The molecule has 1 unspecified atom stereocenters. The number of ether oxygens (including phenoxy) is 1. The van der Waals surface area contributed by atoms with Gasteiger partial charge in [-0.2, -0.15) is 0 Å². The maximum Gasteiger partial charge on any atom is 0.225 e. The van der Waals surface area contributed by atoms with E-state index < -0.39 is 0 Å². The van der Waals surface area contributed by atoms with Gasteiger partial charge in [0.2, 0.25) is 5.28 Å². The molecule has 4 nitrogen and oxygen atoms in total. The van der Waals surface area contributed by atoms with Crippen LogP contribution in [0.4, 0.5) is 0 Å². The summed E-state index contributed by atoms with van der Waals surface area (Å²) in [5.41, 5.74) is 0. The molecule has 1 aliphatic heterocycles. The Balaban J connectivity index is 1.93. The first-order chi connectivity index (χ1) is 7.81. The molecule has 2 rings (SSSR count). The Bertz CT molecular complexity index is 334. The van der Waals surface area contributed by atoms with E-state index in [1.54, 1.807) is 0 Å². The molecule has 0 amide bonds. The average Bonchev–Trinajstić information content (AvgIpc) is 2.88. The van der Waals surface area contributed by atoms with E-state index in [1.165, 1.54) is 6.42 Å². The summed E-state index contributed by atoms with van der Waals surface area (Å²) in [7, 11) is 0. The lowest BCUT2D eigenvalue weighted by molar-refractivity contribution is 0.183. The van der Waals surface area contributed by atoms with Crippen LogP contribution in [-0.2, 0) is 17.7 Å². The highest BCUT2D eigenvalue weighted by molar-refractivity contribution is 6.28. The van der Waals surface area contributed by atoms with Crippen molar-refractivity contribution in [2.24, 2.45) is 5.92 Å². The fourth-order valence-electron chi connectivity index (χ4n) is 2.07. The minimum Gasteiger partial charge on any atom is -0.381 e. The largest absolute Gasteiger partial charge is 0.381 e. The Kier molecular flexibility index (Phi) is 4.18. The second kappa shape index (κ2) is 5.64. The van der Waals surface area contributed by atoms with Gasteiger partial charge in [0.1, 0.15) is 5.82 Å². The Labute approximate surface area is 101 Å². The molecule has 16 heavy (non-hydrogen) atoms. The number of hydrogen-bond acceptors (Lipinski definition) is 3. The van der Waals surface area contributed by atoms with Gasteiger partial charge in [0.15, 0.2) is 0 Å². The van der Waals surface area contributed by atoms with Crippen molar-refractivity contribution in [1.82, 2.24) is 14.8 Å². The molecule has 2 heterocycles. The summed E-state index contributed by atoms with van der Waals surface area (Å²) < 4.78 is 7.39. The first-order valence-corrected chi connectivity index (χ1v) is 6.34. The predicted molar refractivity (Wildman–Crippen MR) is 62.6 cm³/mol. The molecule has 1 atom stereocenters. The second-order valence-electron chi connectivity index (χ2n) is 4.31. The first kappa shape index (κ1) is 11.9. The van der Waals surface area contributed by atoms with Crippen LogP contribution in [0.3, 0.4) is 0 Å². The van der Waals surface area contributed by atoms with Crippen LogP contribution in [0.2, 0.25) is 5.28 Å². The quantitative estimate of drug-likeness (QED) is 0.797. The molecule has 0 aromatic carbocycles. The molecule has 0 saturated carbocycles. The maximum atomic E-state index is 6.02. The van der Waals surface area contributed by atoms with E-state index in [0.717, 1.165) is 44.8 Å². The fourth-order valence-corrected chi connectivity index (χ4v) is 2.29. The molecule has 0 bridgehead atoms. The lowest BCUT2D eigenvalue weighted by Crippen LogP contribution is -2.09. The highest BCUT2D eigenvalue weighted by Gasteiger charge is 2.17. The SMILES string of the molecule is CCCc1nnc(Cl)n1CCC1CCOC1. The fraction of sp³-hybridized carbons (Fsp3) is 0.818. The highest BCUT2D eigenvalue weighted by atomic mass is 35.5. The number of hydrogen-bond donors (Lipinski definition) is 0. The van der Waals surface area contributed by atoms with Gasteiger partial charge < -0.3 is 9.30 Å². The summed E-state index contributed by atoms with van der Waals surface area (Å²) in [5.74, 6) is 1.68. The topological polar surface area (TPSA) is 39.9 Å². The van der Waals surface area contributed by atoms with E-state index in [2.05, 4.69) is 17.1 Å². The van der Waals surface area contributed by atoms with E-state index in [4.69, 9.17) is 16.3 Å². The Hall–Kier alpha value is -0.610. The molecule has 0 radical (unpaired) electrons. The van der Waals surface area contributed by atoms with Crippen molar-refractivity contribution in [2.45, 2.75) is 39.2 Å². The molecular formula is C11H18ClN3O. The lowest BCUT2D eigenvalue weighted by Gasteiger charge is -2.10. The summed E-state index contributed by atoms with van der Waals surface area (Å²) in [6.07, 6.45) is 4.29. The van der Waals surface area contributed by atoms with Gasteiger partial charge in [0, 0.05) is 26.2 Å². The van der Waals surface area contributed by atoms with Crippen LogP contribution in [0.25, 0.3) is 0 Å². The molecule has 1 saturated heterocycles. The van der Waals surface area contributed by atoms with Gasteiger partial charge in [-0.05, 0) is 36.8 Å². The summed E-state index contributed by atoms with van der Waals surface area (Å²) in [6, 6.07) is 0. The summed E-state index contributed by atoms with van der Waals surface area (Å²) in [4.78, 5) is 0. The standard InChI is InChI=1S/C11H18ClN3O/c1-2-3-10-13-14-11(12)15(10)6-4-9-5-7-16-8-9/h9H,2-8H2,1H3. The maximum absolute atomic E-state index is 6.02. The van der Waals surface area contributed by atoms with E-state index >= 15 is 0 Å². The van der Waals surface area contributed by atoms with Gasteiger partial charge in [-0.1, -0.05) is 6.92 Å². The van der Waals surface area contributed by atoms with Crippen LogP contribution in [0.1, 0.15) is 32.0 Å². The van der Waals surface area contributed by atoms with Crippen molar-refractivity contribution in [3.8, 4) is 0 Å². The highest BCUT2D eigenvalue weighted by Crippen LogP contribution is 2.19. The van der Waals surface area contributed by atoms with E-state index in [1.807, 2.05) is 4.57 Å². The average molecular weight is 244 g/mol. The smallest absolute Gasteiger partial charge is 0.225 e. The van der Waals surface area contributed by atoms with Crippen molar-refractivity contribution in [2.75, 3.05) is 13.2 Å². The number of rotatable bonds is 5. The zero-order valence-electron chi connectivity index (χ0n) is 9.65. The van der Waals surface area contributed by atoms with E-state index in [9.17, 15) is 0 Å². The van der Waals surface area contributed by atoms with Crippen LogP contribution < -0.4 is 0 Å². The number of halogens is 1. The lowest BCUT2D eigenvalue weighted by atomic mass is 10.1. The van der Waals surface area contributed by atoms with Crippen molar-refractivity contribution >= 4 is 11.6 Å². The third-order valence-electron chi connectivity index (χ3n) is 3.04. The predicted octanol–water partition coefficient (Wildman–Crippen LogP) is 2.31. The van der Waals surface area contributed by atoms with Gasteiger partial charge in [-0.15, -0.1) is 10.2 Å². The first-order valence-electron chi connectivity index (χ1n) is 5.96. The molecule has 90 valence electrons. The van der Waals surface area contributed by atoms with E-state index in [0.29, 0.717) is 11.2 Å². The van der Waals surface area contributed by atoms with Crippen LogP contribution >= 0.6 is 11.6 Å². The van der Waals surface area contributed by atoms with E-state index in [-0.39, 0.29) is 0 Å². The normalized spacial score (nSPS) is 20.5. The summed E-state index contributed by atoms with van der Waals surface area (Å²) in [6.45, 7) is 4.85. The molecule has 1 fully saturated rings. The van der Waals surface area contributed by atoms with Gasteiger partial charge in [-0.25, -0.2) is 0 Å². The molecular weight excluding hydrogens is 226 g/mol. The second-order valence-corrected chi connectivity index (χ2v) is 4.64. The zero-order chi connectivity index (χ0) is 11.4. The van der Waals surface area contributed by atoms with Crippen LogP contribution in [-0.4, -0.2) is 28.0 Å². The molecule has 0 spiro atoms. The third-order valence-corrected chi connectivity index (χ3v) is 3.32. The van der Waals surface area contributed by atoms with Gasteiger partial charge in [0.05, 0.1) is 0 Å². The Morgan fingerprint density at radius 3 is 3.06 bits per heavy atom. The molecule has 1 aromatic rings. The van der Waals surface area contributed by atoms with Crippen molar-refractivity contribution in [3.05, 3.63) is 11.1 Å². The molecule has 0 aliphatic carbocycles. The number of aromatic nitrogens is 3. The molecule has 5 heteroatoms. The number of aryl methyl sites for hydroxylation is 1. The van der Waals surface area contributed by atoms with Crippen molar-refractivity contribution in [3.63, 3.8) is 0 Å². The number of nitrogens with zero attached hydrogens (tertiary/aromatic N) is 3. The Morgan fingerprint density at radius 1 is 1.50 bits per heavy atom. The molecule has 1 aromatic heterocycles. The minimum absolute atomic E-state index is 0.516. The van der Waals surface area contributed by atoms with Gasteiger partial charge in [0.25, 0.3) is 0 Å². The summed E-state index contributed by atoms with van der Waals surface area (Å²) >= 11 is 6.02. The van der Waals surface area contributed by atoms with Gasteiger partial charge in [-0.3, -0.25) is 0 Å². The van der Waals surface area contributed by atoms with Crippen LogP contribution in [0.5, 0.6) is 0 Å². The van der Waals surface area contributed by atoms with Crippen molar-refractivity contribution in [1.29, 1.82) is 0 Å². The zero-order valence-corrected chi connectivity index (χ0v) is 10.4. The van der Waals surface area contributed by atoms with Crippen LogP contribution in [0.15, 0.2) is 0 Å². The Morgan fingerprint density at radius 2 is 2.38 bits per heavy atom. The molecule has 0 N–H and O–H groups in total. The monoisotopic (exact) mass is 243 g/mol. The minimum atomic E-state index is 0.516. The summed E-state index contributed by atoms with van der Waals surface area (Å²) in [5, 5.41) is 8.54. The van der Waals surface area contributed by atoms with Crippen LogP contribution in [0, 0.1) is 5.92 Å². The molecule has 1 aliphatic rings. The van der Waals surface area contributed by atoms with Crippen molar-refractivity contribution < 1.29 is 4.74 Å².